The summed E-state index contributed by atoms with van der Waals surface area (Å²) in [5.74, 6) is 0. The average molecular weight is 184 g/mol. The fourth-order valence-electron chi connectivity index (χ4n) is 1.56. The zero-order chi connectivity index (χ0) is 9.68. The molecular formula is C10H20N2O. The second-order valence-electron chi connectivity index (χ2n) is 3.82. The molecule has 1 atom stereocenters. The highest BCUT2D eigenvalue weighted by atomic mass is 16.5. The maximum absolute atomic E-state index is 5.95. The maximum Gasteiger partial charge on any atom is 0.0594 e. The first-order chi connectivity index (χ1) is 6.18. The van der Waals surface area contributed by atoms with Crippen LogP contribution in [0.25, 0.3) is 0 Å². The van der Waals surface area contributed by atoms with Gasteiger partial charge in [0.15, 0.2) is 0 Å². The van der Waals surface area contributed by atoms with E-state index >= 15 is 0 Å². The van der Waals surface area contributed by atoms with Crippen molar-refractivity contribution in [1.82, 2.24) is 4.90 Å². The monoisotopic (exact) mass is 184 g/mol. The lowest BCUT2D eigenvalue weighted by Gasteiger charge is -2.28. The molecule has 1 unspecified atom stereocenters. The van der Waals surface area contributed by atoms with E-state index in [0.717, 1.165) is 32.8 Å². The minimum absolute atomic E-state index is 0.170. The van der Waals surface area contributed by atoms with Crippen LogP contribution in [0.5, 0.6) is 0 Å². The Morgan fingerprint density at radius 1 is 1.46 bits per heavy atom. The topological polar surface area (TPSA) is 38.5 Å². The number of nitrogens with zero attached hydrogens (tertiary/aromatic N) is 1. The summed E-state index contributed by atoms with van der Waals surface area (Å²) in [6.07, 6.45) is 2.12. The zero-order valence-electron chi connectivity index (χ0n) is 8.62. The third-order valence-corrected chi connectivity index (χ3v) is 2.12. The Morgan fingerprint density at radius 3 is 2.62 bits per heavy atom. The molecule has 1 aliphatic heterocycles. The first-order valence-corrected chi connectivity index (χ1v) is 4.89. The van der Waals surface area contributed by atoms with E-state index in [1.54, 1.807) is 0 Å². The van der Waals surface area contributed by atoms with Gasteiger partial charge in [0.2, 0.25) is 0 Å². The molecule has 0 radical (unpaired) electrons. The predicted octanol–water partition coefficient (Wildman–Crippen LogP) is 0.612. The van der Waals surface area contributed by atoms with Crippen molar-refractivity contribution in [3.8, 4) is 0 Å². The summed E-state index contributed by atoms with van der Waals surface area (Å²) in [7, 11) is 0. The molecule has 0 aromatic rings. The quantitative estimate of drug-likeness (QED) is 0.653. The highest BCUT2D eigenvalue weighted by Gasteiger charge is 2.12. The number of hydrogen-bond acceptors (Lipinski definition) is 3. The second kappa shape index (κ2) is 5.37. The van der Waals surface area contributed by atoms with Crippen molar-refractivity contribution in [1.29, 1.82) is 0 Å². The van der Waals surface area contributed by atoms with Crippen molar-refractivity contribution < 1.29 is 4.74 Å². The third-order valence-electron chi connectivity index (χ3n) is 2.12. The average Bonchev–Trinajstić information content (AvgIpc) is 2.04. The lowest BCUT2D eigenvalue weighted by atomic mass is 10.2. The van der Waals surface area contributed by atoms with Crippen LogP contribution in [0.2, 0.25) is 0 Å². The summed E-state index contributed by atoms with van der Waals surface area (Å²) in [6.45, 7) is 8.85. The minimum atomic E-state index is 0.170. The van der Waals surface area contributed by atoms with E-state index in [2.05, 4.69) is 24.8 Å². The van der Waals surface area contributed by atoms with Crippen LogP contribution in [-0.4, -0.2) is 43.8 Å². The number of hydrogen-bond donors (Lipinski definition) is 1. The fourth-order valence-corrected chi connectivity index (χ4v) is 1.56. The smallest absolute Gasteiger partial charge is 0.0594 e. The summed E-state index contributed by atoms with van der Waals surface area (Å²) in [6, 6.07) is 0.170. The summed E-state index contributed by atoms with van der Waals surface area (Å²) in [5.41, 5.74) is 7.24. The van der Waals surface area contributed by atoms with Crippen molar-refractivity contribution in [3.63, 3.8) is 0 Å². The normalized spacial score (nSPS) is 21.2. The minimum Gasteiger partial charge on any atom is -0.379 e. The SMILES string of the molecule is CC(C)=CC(N)CN1CCOCC1. The molecule has 0 bridgehead atoms. The molecule has 0 saturated carbocycles. The van der Waals surface area contributed by atoms with E-state index in [1.807, 2.05) is 0 Å². The summed E-state index contributed by atoms with van der Waals surface area (Å²) < 4.78 is 5.26. The number of ether oxygens (including phenoxy) is 1. The van der Waals surface area contributed by atoms with Gasteiger partial charge < -0.3 is 10.5 Å². The Kier molecular flexibility index (Phi) is 4.42. The predicted molar refractivity (Wildman–Crippen MR) is 54.7 cm³/mol. The maximum atomic E-state index is 5.95. The number of nitrogens with two attached hydrogens (primary N) is 1. The molecule has 0 aromatic carbocycles. The van der Waals surface area contributed by atoms with Crippen LogP contribution in [0.3, 0.4) is 0 Å². The summed E-state index contributed by atoms with van der Waals surface area (Å²) in [4.78, 5) is 2.35. The van der Waals surface area contributed by atoms with Gasteiger partial charge in [0.25, 0.3) is 0 Å². The lowest BCUT2D eigenvalue weighted by molar-refractivity contribution is 0.0370. The molecule has 1 saturated heterocycles. The van der Waals surface area contributed by atoms with Crippen molar-refractivity contribution >= 4 is 0 Å². The van der Waals surface area contributed by atoms with Gasteiger partial charge in [-0.3, -0.25) is 4.90 Å². The van der Waals surface area contributed by atoms with Gasteiger partial charge in [-0.1, -0.05) is 11.6 Å². The molecule has 1 aliphatic rings. The van der Waals surface area contributed by atoms with E-state index in [-0.39, 0.29) is 6.04 Å². The van der Waals surface area contributed by atoms with Crippen LogP contribution in [0, 0.1) is 0 Å². The van der Waals surface area contributed by atoms with E-state index in [4.69, 9.17) is 10.5 Å². The molecule has 76 valence electrons. The first-order valence-electron chi connectivity index (χ1n) is 4.89. The molecule has 0 amide bonds. The van der Waals surface area contributed by atoms with E-state index in [9.17, 15) is 0 Å². The number of allylic oxidation sites excluding steroid dienone is 1. The van der Waals surface area contributed by atoms with Crippen LogP contribution >= 0.6 is 0 Å². The van der Waals surface area contributed by atoms with Gasteiger partial charge in [0.05, 0.1) is 13.2 Å². The van der Waals surface area contributed by atoms with Crippen molar-refractivity contribution in [2.45, 2.75) is 19.9 Å². The zero-order valence-corrected chi connectivity index (χ0v) is 8.62. The van der Waals surface area contributed by atoms with Gasteiger partial charge in [-0.2, -0.15) is 0 Å². The second-order valence-corrected chi connectivity index (χ2v) is 3.82. The highest BCUT2D eigenvalue weighted by molar-refractivity contribution is 5.00. The van der Waals surface area contributed by atoms with Gasteiger partial charge in [0.1, 0.15) is 0 Å². The van der Waals surface area contributed by atoms with E-state index in [0.29, 0.717) is 0 Å². The van der Waals surface area contributed by atoms with Gasteiger partial charge in [-0.25, -0.2) is 0 Å². The van der Waals surface area contributed by atoms with Gasteiger partial charge in [-0.05, 0) is 13.8 Å². The van der Waals surface area contributed by atoms with Gasteiger partial charge in [-0.15, -0.1) is 0 Å². The molecule has 1 heterocycles. The molecule has 3 nitrogen and oxygen atoms in total. The van der Waals surface area contributed by atoms with E-state index < -0.39 is 0 Å². The molecule has 13 heavy (non-hydrogen) atoms. The van der Waals surface area contributed by atoms with Crippen LogP contribution in [0.1, 0.15) is 13.8 Å². The molecule has 3 heteroatoms. The standard InChI is InChI=1S/C10H20N2O/c1-9(2)7-10(11)8-12-3-5-13-6-4-12/h7,10H,3-6,8,11H2,1-2H3. The van der Waals surface area contributed by atoms with E-state index in [1.165, 1.54) is 5.57 Å². The molecule has 2 N–H and O–H groups in total. The molecule has 1 rings (SSSR count). The van der Waals surface area contributed by atoms with Gasteiger partial charge in [0, 0.05) is 25.7 Å². The Labute approximate surface area is 80.5 Å². The lowest BCUT2D eigenvalue weighted by Crippen LogP contribution is -2.43. The first kappa shape index (κ1) is 10.7. The van der Waals surface area contributed by atoms with Crippen LogP contribution < -0.4 is 5.73 Å². The fraction of sp³-hybridized carbons (Fsp3) is 0.800. The van der Waals surface area contributed by atoms with Crippen molar-refractivity contribution in [3.05, 3.63) is 11.6 Å². The largest absolute Gasteiger partial charge is 0.379 e. The molecule has 0 aliphatic carbocycles. The Morgan fingerprint density at radius 2 is 2.08 bits per heavy atom. The van der Waals surface area contributed by atoms with Crippen LogP contribution in [-0.2, 0) is 4.74 Å². The number of morpholine rings is 1. The van der Waals surface area contributed by atoms with Crippen molar-refractivity contribution in [2.75, 3.05) is 32.8 Å². The molecular weight excluding hydrogens is 164 g/mol. The molecule has 0 aromatic heterocycles. The molecule has 0 spiro atoms. The Balaban J connectivity index is 2.26. The van der Waals surface area contributed by atoms with Crippen LogP contribution in [0.15, 0.2) is 11.6 Å². The van der Waals surface area contributed by atoms with Crippen molar-refractivity contribution in [2.24, 2.45) is 5.73 Å². The summed E-state index contributed by atoms with van der Waals surface area (Å²) in [5, 5.41) is 0. The summed E-state index contributed by atoms with van der Waals surface area (Å²) >= 11 is 0. The van der Waals surface area contributed by atoms with Gasteiger partial charge >= 0.3 is 0 Å². The van der Waals surface area contributed by atoms with Crippen LogP contribution in [0.4, 0.5) is 0 Å². The third kappa shape index (κ3) is 4.41. The molecule has 1 fully saturated rings. The Hall–Kier alpha value is -0.380. The number of rotatable bonds is 3. The Bertz CT molecular complexity index is 170. The highest BCUT2D eigenvalue weighted by Crippen LogP contribution is 1.99.